The number of nitrogens with two attached hydrogens (primary N) is 1. The van der Waals surface area contributed by atoms with Crippen molar-refractivity contribution in [2.75, 3.05) is 29.9 Å². The molecule has 1 aliphatic heterocycles. The van der Waals surface area contributed by atoms with Crippen LogP contribution in [0.1, 0.15) is 12.0 Å². The highest BCUT2D eigenvalue weighted by molar-refractivity contribution is 8.00. The maximum absolute atomic E-state index is 11.9. The molecule has 1 aromatic rings. The maximum Gasteiger partial charge on any atom is 0.234 e. The predicted molar refractivity (Wildman–Crippen MR) is 86.3 cm³/mol. The van der Waals surface area contributed by atoms with Crippen molar-refractivity contribution in [3.05, 3.63) is 29.8 Å². The number of benzene rings is 1. The van der Waals surface area contributed by atoms with E-state index >= 15 is 0 Å². The van der Waals surface area contributed by atoms with Gasteiger partial charge in [0.2, 0.25) is 11.8 Å². The Bertz CT molecular complexity index is 504. The Kier molecular flexibility index (Phi) is 5.64. The molecule has 114 valence electrons. The Hall–Kier alpha value is -1.53. The van der Waals surface area contributed by atoms with Crippen molar-refractivity contribution in [1.82, 2.24) is 4.90 Å². The van der Waals surface area contributed by atoms with Crippen molar-refractivity contribution in [2.45, 2.75) is 19.4 Å². The predicted octanol–water partition coefficient (Wildman–Crippen LogP) is 1.23. The zero-order chi connectivity index (χ0) is 15.2. The lowest BCUT2D eigenvalue weighted by atomic mass is 10.2. The molecule has 2 amide bonds. The number of nitrogens with zero attached hydrogens (tertiary/aromatic N) is 1. The van der Waals surface area contributed by atoms with Crippen LogP contribution in [0.4, 0.5) is 5.69 Å². The van der Waals surface area contributed by atoms with Crippen LogP contribution in [0.2, 0.25) is 0 Å². The van der Waals surface area contributed by atoms with Crippen molar-refractivity contribution >= 4 is 29.3 Å². The second-order valence-electron chi connectivity index (χ2n) is 5.30. The molecule has 5 nitrogen and oxygen atoms in total. The fourth-order valence-corrected chi connectivity index (χ4v) is 2.89. The average molecular weight is 307 g/mol. The molecule has 3 N–H and O–H groups in total. The Morgan fingerprint density at radius 3 is 2.67 bits per heavy atom. The summed E-state index contributed by atoms with van der Waals surface area (Å²) in [7, 11) is 0. The minimum absolute atomic E-state index is 0.0658. The Balaban J connectivity index is 1.67. The summed E-state index contributed by atoms with van der Waals surface area (Å²) in [5, 5.41) is 2.81. The van der Waals surface area contributed by atoms with Gasteiger partial charge in [-0.3, -0.25) is 9.59 Å². The van der Waals surface area contributed by atoms with Crippen molar-refractivity contribution < 1.29 is 9.59 Å². The quantitative estimate of drug-likeness (QED) is 0.858. The summed E-state index contributed by atoms with van der Waals surface area (Å²) in [4.78, 5) is 25.4. The van der Waals surface area contributed by atoms with Gasteiger partial charge < -0.3 is 16.0 Å². The number of anilines is 1. The molecule has 0 unspecified atom stereocenters. The van der Waals surface area contributed by atoms with E-state index in [1.807, 2.05) is 31.2 Å². The van der Waals surface area contributed by atoms with Crippen LogP contribution in [0, 0.1) is 6.92 Å². The van der Waals surface area contributed by atoms with Gasteiger partial charge in [-0.05, 0) is 25.5 Å². The largest absolute Gasteiger partial charge is 0.340 e. The number of thioether (sulfide) groups is 1. The Labute approximate surface area is 129 Å². The summed E-state index contributed by atoms with van der Waals surface area (Å²) in [5.74, 6) is 0.582. The van der Waals surface area contributed by atoms with Crippen LogP contribution in [-0.2, 0) is 9.59 Å². The van der Waals surface area contributed by atoms with E-state index in [-0.39, 0.29) is 23.6 Å². The van der Waals surface area contributed by atoms with Gasteiger partial charge >= 0.3 is 0 Å². The van der Waals surface area contributed by atoms with Gasteiger partial charge in [0, 0.05) is 24.8 Å². The highest BCUT2D eigenvalue weighted by Crippen LogP contribution is 2.12. The van der Waals surface area contributed by atoms with Gasteiger partial charge in [-0.15, -0.1) is 11.8 Å². The molecule has 1 saturated heterocycles. The van der Waals surface area contributed by atoms with Crippen LogP contribution in [0.15, 0.2) is 24.3 Å². The van der Waals surface area contributed by atoms with Crippen LogP contribution in [0.25, 0.3) is 0 Å². The van der Waals surface area contributed by atoms with Crippen LogP contribution < -0.4 is 11.1 Å². The van der Waals surface area contributed by atoms with E-state index in [1.54, 1.807) is 4.90 Å². The van der Waals surface area contributed by atoms with Crippen molar-refractivity contribution in [1.29, 1.82) is 0 Å². The van der Waals surface area contributed by atoms with E-state index in [0.29, 0.717) is 12.3 Å². The second kappa shape index (κ2) is 7.47. The van der Waals surface area contributed by atoms with Gasteiger partial charge in [-0.25, -0.2) is 0 Å². The number of nitrogens with one attached hydrogen (secondary N) is 1. The summed E-state index contributed by atoms with van der Waals surface area (Å²) in [5.41, 5.74) is 7.70. The van der Waals surface area contributed by atoms with E-state index < -0.39 is 0 Å². The molecule has 0 aliphatic carbocycles. The topological polar surface area (TPSA) is 75.4 Å². The van der Waals surface area contributed by atoms with E-state index in [2.05, 4.69) is 5.32 Å². The molecule has 21 heavy (non-hydrogen) atoms. The number of rotatable bonds is 5. The van der Waals surface area contributed by atoms with E-state index in [1.165, 1.54) is 11.8 Å². The first kappa shape index (κ1) is 15.9. The van der Waals surface area contributed by atoms with Crippen LogP contribution >= 0.6 is 11.8 Å². The molecular weight excluding hydrogens is 286 g/mol. The molecule has 2 rings (SSSR count). The number of hydrogen-bond acceptors (Lipinski definition) is 4. The SMILES string of the molecule is Cc1ccc(NC(=O)CSCC(=O)N2CC[C@@H](N)C2)cc1. The van der Waals surface area contributed by atoms with Crippen molar-refractivity contribution in [2.24, 2.45) is 5.73 Å². The molecule has 1 aromatic carbocycles. The summed E-state index contributed by atoms with van der Waals surface area (Å²) < 4.78 is 0. The first-order chi connectivity index (χ1) is 10.0. The number of aryl methyl sites for hydroxylation is 1. The minimum atomic E-state index is -0.0882. The maximum atomic E-state index is 11.9. The third kappa shape index (κ3) is 5.06. The molecular formula is C15H21N3O2S. The number of likely N-dealkylation sites (tertiary alicyclic amines) is 1. The zero-order valence-electron chi connectivity index (χ0n) is 12.2. The molecule has 0 spiro atoms. The van der Waals surface area contributed by atoms with Gasteiger partial charge in [0.05, 0.1) is 11.5 Å². The normalized spacial score (nSPS) is 17.8. The number of amides is 2. The van der Waals surface area contributed by atoms with Crippen LogP contribution in [-0.4, -0.2) is 47.4 Å². The fourth-order valence-electron chi connectivity index (χ4n) is 2.17. The third-order valence-corrected chi connectivity index (χ3v) is 4.29. The van der Waals surface area contributed by atoms with Gasteiger partial charge in [-0.1, -0.05) is 17.7 Å². The van der Waals surface area contributed by atoms with E-state index in [4.69, 9.17) is 5.73 Å². The standard InChI is InChI=1S/C15H21N3O2S/c1-11-2-4-13(5-3-11)17-14(19)9-21-10-15(20)18-7-6-12(16)8-18/h2-5,12H,6-10,16H2,1H3,(H,17,19)/t12-/m1/s1. The third-order valence-electron chi connectivity index (χ3n) is 3.37. The molecule has 0 bridgehead atoms. The van der Waals surface area contributed by atoms with Gasteiger partial charge in [-0.2, -0.15) is 0 Å². The van der Waals surface area contributed by atoms with Crippen molar-refractivity contribution in [3.63, 3.8) is 0 Å². The number of hydrogen-bond donors (Lipinski definition) is 2. The lowest BCUT2D eigenvalue weighted by Crippen LogP contribution is -2.33. The highest BCUT2D eigenvalue weighted by atomic mass is 32.2. The molecule has 1 fully saturated rings. The molecule has 0 radical (unpaired) electrons. The fraction of sp³-hybridized carbons (Fsp3) is 0.467. The second-order valence-corrected chi connectivity index (χ2v) is 6.28. The first-order valence-corrected chi connectivity index (χ1v) is 8.17. The summed E-state index contributed by atoms with van der Waals surface area (Å²) >= 11 is 1.34. The Morgan fingerprint density at radius 1 is 1.33 bits per heavy atom. The average Bonchev–Trinajstić information content (AvgIpc) is 2.88. The lowest BCUT2D eigenvalue weighted by Gasteiger charge is -2.15. The van der Waals surface area contributed by atoms with Gasteiger partial charge in [0.1, 0.15) is 0 Å². The molecule has 6 heteroatoms. The number of carbonyl (C=O) groups is 2. The summed E-state index contributed by atoms with van der Waals surface area (Å²) in [6.07, 6.45) is 0.865. The molecule has 0 saturated carbocycles. The monoisotopic (exact) mass is 307 g/mol. The minimum Gasteiger partial charge on any atom is -0.340 e. The van der Waals surface area contributed by atoms with Crippen LogP contribution in [0.3, 0.4) is 0 Å². The molecule has 1 heterocycles. The van der Waals surface area contributed by atoms with Gasteiger partial charge in [0.15, 0.2) is 0 Å². The van der Waals surface area contributed by atoms with Crippen molar-refractivity contribution in [3.8, 4) is 0 Å². The molecule has 1 atom stereocenters. The summed E-state index contributed by atoms with van der Waals surface area (Å²) in [6.45, 7) is 3.36. The first-order valence-electron chi connectivity index (χ1n) is 7.02. The van der Waals surface area contributed by atoms with E-state index in [9.17, 15) is 9.59 Å². The Morgan fingerprint density at radius 2 is 2.05 bits per heavy atom. The highest BCUT2D eigenvalue weighted by Gasteiger charge is 2.23. The lowest BCUT2D eigenvalue weighted by molar-refractivity contribution is -0.127. The number of carbonyl (C=O) groups excluding carboxylic acids is 2. The summed E-state index contributed by atoms with van der Waals surface area (Å²) in [6, 6.07) is 7.73. The van der Waals surface area contributed by atoms with Gasteiger partial charge in [0.25, 0.3) is 0 Å². The van der Waals surface area contributed by atoms with Crippen LogP contribution in [0.5, 0.6) is 0 Å². The van der Waals surface area contributed by atoms with E-state index in [0.717, 1.165) is 24.2 Å². The smallest absolute Gasteiger partial charge is 0.234 e. The zero-order valence-corrected chi connectivity index (χ0v) is 13.0. The molecule has 0 aromatic heterocycles. The molecule has 1 aliphatic rings.